The van der Waals surface area contributed by atoms with Crippen molar-refractivity contribution in [2.75, 3.05) is 19.8 Å². The number of carbonyl (C=O) groups excluding carboxylic acids is 2. The summed E-state index contributed by atoms with van der Waals surface area (Å²) in [6.45, 7) is 7.57. The van der Waals surface area contributed by atoms with Crippen LogP contribution in [-0.2, 0) is 29.0 Å². The molecule has 3 aromatic rings. The fourth-order valence-corrected chi connectivity index (χ4v) is 4.35. The molecule has 3 rings (SSSR count). The van der Waals surface area contributed by atoms with Crippen LogP contribution in [0.3, 0.4) is 0 Å². The number of carbonyl (C=O) groups is 2. The van der Waals surface area contributed by atoms with Gasteiger partial charge in [-0.05, 0) is 67.6 Å². The standard InChI is InChI=1S/C32H39FN2O4/c1-4-20-34-32(37)28(21-24-10-8-7-9-11-24)35(23-26-12-16-27(33)17-13-26)31(36)19-15-25-14-18-29(38-5-2)30(22-25)39-6-3/h7-14,16-18,22,28H,4-6,15,19-21,23H2,1-3H3,(H,34,37)/t28-/m1/s1. The van der Waals surface area contributed by atoms with Gasteiger partial charge in [-0.2, -0.15) is 0 Å². The molecule has 0 aromatic heterocycles. The topological polar surface area (TPSA) is 67.9 Å². The molecular weight excluding hydrogens is 495 g/mol. The monoisotopic (exact) mass is 534 g/mol. The number of rotatable bonds is 15. The zero-order chi connectivity index (χ0) is 28.0. The van der Waals surface area contributed by atoms with Crippen LogP contribution in [0.25, 0.3) is 0 Å². The molecule has 0 heterocycles. The van der Waals surface area contributed by atoms with Crippen LogP contribution in [0.5, 0.6) is 11.5 Å². The van der Waals surface area contributed by atoms with Crippen molar-refractivity contribution in [3.8, 4) is 11.5 Å². The molecule has 0 fully saturated rings. The molecule has 0 aliphatic rings. The number of benzene rings is 3. The number of nitrogens with one attached hydrogen (secondary N) is 1. The summed E-state index contributed by atoms with van der Waals surface area (Å²) in [7, 11) is 0. The summed E-state index contributed by atoms with van der Waals surface area (Å²) < 4.78 is 25.0. The lowest BCUT2D eigenvalue weighted by Gasteiger charge is -2.31. The van der Waals surface area contributed by atoms with E-state index in [0.29, 0.717) is 44.1 Å². The van der Waals surface area contributed by atoms with Crippen LogP contribution in [0.4, 0.5) is 4.39 Å². The Labute approximate surface area is 231 Å². The Bertz CT molecular complexity index is 1180. The minimum atomic E-state index is -0.712. The summed E-state index contributed by atoms with van der Waals surface area (Å²) in [5, 5.41) is 2.97. The van der Waals surface area contributed by atoms with E-state index in [4.69, 9.17) is 9.47 Å². The summed E-state index contributed by atoms with van der Waals surface area (Å²) >= 11 is 0. The van der Waals surface area contributed by atoms with Gasteiger partial charge in [0, 0.05) is 25.9 Å². The normalized spacial score (nSPS) is 11.5. The van der Waals surface area contributed by atoms with Crippen LogP contribution in [-0.4, -0.2) is 42.5 Å². The van der Waals surface area contributed by atoms with Gasteiger partial charge in [-0.15, -0.1) is 0 Å². The minimum absolute atomic E-state index is 0.154. The molecule has 1 atom stereocenters. The maximum Gasteiger partial charge on any atom is 0.243 e. The lowest BCUT2D eigenvalue weighted by Crippen LogP contribution is -2.50. The minimum Gasteiger partial charge on any atom is -0.490 e. The molecule has 0 aliphatic carbocycles. The van der Waals surface area contributed by atoms with Crippen molar-refractivity contribution in [2.45, 2.75) is 59.0 Å². The highest BCUT2D eigenvalue weighted by atomic mass is 19.1. The first-order chi connectivity index (χ1) is 18.9. The molecular formula is C32H39FN2O4. The van der Waals surface area contributed by atoms with E-state index in [9.17, 15) is 14.0 Å². The lowest BCUT2D eigenvalue weighted by molar-refractivity contribution is -0.141. The number of ether oxygens (including phenoxy) is 2. The van der Waals surface area contributed by atoms with Crippen molar-refractivity contribution in [3.63, 3.8) is 0 Å². The second-order valence-electron chi connectivity index (χ2n) is 9.29. The van der Waals surface area contributed by atoms with E-state index >= 15 is 0 Å². The number of aryl methyl sites for hydroxylation is 1. The molecule has 0 bridgehead atoms. The van der Waals surface area contributed by atoms with Crippen molar-refractivity contribution in [1.29, 1.82) is 0 Å². The van der Waals surface area contributed by atoms with Crippen molar-refractivity contribution < 1.29 is 23.5 Å². The van der Waals surface area contributed by atoms with Crippen molar-refractivity contribution >= 4 is 11.8 Å². The molecule has 2 amide bonds. The van der Waals surface area contributed by atoms with Crippen LogP contribution < -0.4 is 14.8 Å². The zero-order valence-corrected chi connectivity index (χ0v) is 23.1. The molecule has 7 heteroatoms. The first kappa shape index (κ1) is 29.7. The Kier molecular flexibility index (Phi) is 11.8. The van der Waals surface area contributed by atoms with E-state index in [-0.39, 0.29) is 30.6 Å². The fourth-order valence-electron chi connectivity index (χ4n) is 4.35. The van der Waals surface area contributed by atoms with E-state index in [1.165, 1.54) is 12.1 Å². The van der Waals surface area contributed by atoms with Gasteiger partial charge in [0.25, 0.3) is 0 Å². The molecule has 0 saturated carbocycles. The van der Waals surface area contributed by atoms with Gasteiger partial charge in [0.05, 0.1) is 13.2 Å². The number of hydrogen-bond donors (Lipinski definition) is 1. The molecule has 3 aromatic carbocycles. The number of amides is 2. The average molecular weight is 535 g/mol. The van der Waals surface area contributed by atoms with Crippen LogP contribution in [0, 0.1) is 5.82 Å². The number of halogens is 1. The molecule has 0 radical (unpaired) electrons. The number of nitrogens with zero attached hydrogens (tertiary/aromatic N) is 1. The fraction of sp³-hybridized carbons (Fsp3) is 0.375. The summed E-state index contributed by atoms with van der Waals surface area (Å²) in [4.78, 5) is 28.8. The van der Waals surface area contributed by atoms with E-state index < -0.39 is 6.04 Å². The van der Waals surface area contributed by atoms with Crippen molar-refractivity contribution in [3.05, 3.63) is 95.3 Å². The molecule has 6 nitrogen and oxygen atoms in total. The van der Waals surface area contributed by atoms with Gasteiger partial charge >= 0.3 is 0 Å². The van der Waals surface area contributed by atoms with E-state index in [1.54, 1.807) is 17.0 Å². The third kappa shape index (κ3) is 9.13. The average Bonchev–Trinajstić information content (AvgIpc) is 2.95. The number of hydrogen-bond acceptors (Lipinski definition) is 4. The summed E-state index contributed by atoms with van der Waals surface area (Å²) in [6, 6.07) is 20.7. The highest BCUT2D eigenvalue weighted by Crippen LogP contribution is 2.29. The summed E-state index contributed by atoms with van der Waals surface area (Å²) in [5.74, 6) is 0.615. The van der Waals surface area contributed by atoms with Crippen LogP contribution in [0.1, 0.15) is 50.3 Å². The zero-order valence-electron chi connectivity index (χ0n) is 23.1. The quantitative estimate of drug-likeness (QED) is 0.271. The SMILES string of the molecule is CCCNC(=O)[C@@H](Cc1ccccc1)N(Cc1ccc(F)cc1)C(=O)CCc1ccc(OCC)c(OCC)c1. The lowest BCUT2D eigenvalue weighted by atomic mass is 10.0. The molecule has 0 saturated heterocycles. The molecule has 1 N–H and O–H groups in total. The Balaban J connectivity index is 1.87. The Morgan fingerprint density at radius 2 is 1.51 bits per heavy atom. The predicted molar refractivity (Wildman–Crippen MR) is 151 cm³/mol. The smallest absolute Gasteiger partial charge is 0.243 e. The van der Waals surface area contributed by atoms with E-state index in [1.807, 2.05) is 69.3 Å². The molecule has 0 unspecified atom stereocenters. The Morgan fingerprint density at radius 1 is 0.846 bits per heavy atom. The molecule has 39 heavy (non-hydrogen) atoms. The third-order valence-corrected chi connectivity index (χ3v) is 6.32. The second-order valence-corrected chi connectivity index (χ2v) is 9.29. The molecule has 0 spiro atoms. The van der Waals surface area contributed by atoms with E-state index in [2.05, 4.69) is 5.32 Å². The Hall–Kier alpha value is -3.87. The maximum atomic E-state index is 13.8. The van der Waals surface area contributed by atoms with Gasteiger partial charge in [-0.3, -0.25) is 9.59 Å². The predicted octanol–water partition coefficient (Wildman–Crippen LogP) is 5.72. The van der Waals surface area contributed by atoms with Gasteiger partial charge < -0.3 is 19.7 Å². The first-order valence-corrected chi connectivity index (χ1v) is 13.7. The van der Waals surface area contributed by atoms with Gasteiger partial charge in [-0.25, -0.2) is 4.39 Å². The van der Waals surface area contributed by atoms with Gasteiger partial charge in [0.2, 0.25) is 11.8 Å². The largest absolute Gasteiger partial charge is 0.490 e. The van der Waals surface area contributed by atoms with Crippen molar-refractivity contribution in [1.82, 2.24) is 10.2 Å². The van der Waals surface area contributed by atoms with Crippen LogP contribution >= 0.6 is 0 Å². The summed E-state index contributed by atoms with van der Waals surface area (Å²) in [6.07, 6.45) is 1.84. The van der Waals surface area contributed by atoms with Crippen molar-refractivity contribution in [2.24, 2.45) is 0 Å². The highest BCUT2D eigenvalue weighted by Gasteiger charge is 2.30. The summed E-state index contributed by atoms with van der Waals surface area (Å²) in [5.41, 5.74) is 2.65. The van der Waals surface area contributed by atoms with Gasteiger partial charge in [-0.1, -0.05) is 55.5 Å². The van der Waals surface area contributed by atoms with Gasteiger partial charge in [0.1, 0.15) is 11.9 Å². The molecule has 0 aliphatic heterocycles. The maximum absolute atomic E-state index is 13.8. The third-order valence-electron chi connectivity index (χ3n) is 6.32. The first-order valence-electron chi connectivity index (χ1n) is 13.7. The van der Waals surface area contributed by atoms with E-state index in [0.717, 1.165) is 23.1 Å². The highest BCUT2D eigenvalue weighted by molar-refractivity contribution is 5.88. The van der Waals surface area contributed by atoms with Crippen LogP contribution in [0.2, 0.25) is 0 Å². The van der Waals surface area contributed by atoms with Gasteiger partial charge in [0.15, 0.2) is 11.5 Å². The van der Waals surface area contributed by atoms with Crippen LogP contribution in [0.15, 0.2) is 72.8 Å². The Morgan fingerprint density at radius 3 is 2.18 bits per heavy atom. The second kappa shape index (κ2) is 15.5. The molecule has 208 valence electrons.